The molecule has 3 rings (SSSR count). The summed E-state index contributed by atoms with van der Waals surface area (Å²) >= 11 is 0. The van der Waals surface area contributed by atoms with Crippen molar-refractivity contribution in [2.45, 2.75) is 44.8 Å². The molecular formula is C19H24FN3O. The fourth-order valence-electron chi connectivity index (χ4n) is 3.29. The molecule has 128 valence electrons. The lowest BCUT2D eigenvalue weighted by atomic mass is 9.87. The first-order valence-electron chi connectivity index (χ1n) is 8.59. The second-order valence-electron chi connectivity index (χ2n) is 6.53. The van der Waals surface area contributed by atoms with Crippen LogP contribution in [-0.2, 0) is 18.6 Å². The summed E-state index contributed by atoms with van der Waals surface area (Å²) in [5.41, 5.74) is 1.03. The Morgan fingerprint density at radius 3 is 2.50 bits per heavy atom. The van der Waals surface area contributed by atoms with Gasteiger partial charge in [0.1, 0.15) is 11.6 Å². The molecule has 0 bridgehead atoms. The van der Waals surface area contributed by atoms with E-state index in [9.17, 15) is 9.50 Å². The van der Waals surface area contributed by atoms with Crippen LogP contribution >= 0.6 is 0 Å². The minimum atomic E-state index is -0.870. The third-order valence-electron chi connectivity index (χ3n) is 4.77. The smallest absolute Gasteiger partial charge is 0.127 e. The number of rotatable bonds is 4. The Balaban J connectivity index is 1.64. The quantitative estimate of drug-likeness (QED) is 0.937. The Morgan fingerprint density at radius 2 is 1.83 bits per heavy atom. The minimum absolute atomic E-state index is 0.270. The molecule has 0 aliphatic carbocycles. The number of aryl methyl sites for hydroxylation is 1. The number of likely N-dealkylation sites (tertiary alicyclic amines) is 1. The van der Waals surface area contributed by atoms with Crippen molar-refractivity contribution in [1.29, 1.82) is 0 Å². The lowest BCUT2D eigenvalue weighted by Gasteiger charge is -2.27. The van der Waals surface area contributed by atoms with Crippen molar-refractivity contribution < 1.29 is 9.50 Å². The second kappa shape index (κ2) is 7.36. The molecular weight excluding hydrogens is 305 g/mol. The summed E-state index contributed by atoms with van der Waals surface area (Å²) in [6, 6.07) is 6.23. The first kappa shape index (κ1) is 17.0. The fourth-order valence-corrected chi connectivity index (χ4v) is 3.29. The van der Waals surface area contributed by atoms with Crippen LogP contribution in [0.3, 0.4) is 0 Å². The molecule has 5 heteroatoms. The first-order chi connectivity index (χ1) is 11.6. The van der Waals surface area contributed by atoms with Gasteiger partial charge in [0.25, 0.3) is 0 Å². The van der Waals surface area contributed by atoms with Gasteiger partial charge < -0.3 is 5.11 Å². The van der Waals surface area contributed by atoms with Crippen LogP contribution < -0.4 is 0 Å². The zero-order valence-corrected chi connectivity index (χ0v) is 14.1. The van der Waals surface area contributed by atoms with Crippen molar-refractivity contribution in [1.82, 2.24) is 14.9 Å². The van der Waals surface area contributed by atoms with Gasteiger partial charge >= 0.3 is 0 Å². The lowest BCUT2D eigenvalue weighted by molar-refractivity contribution is 0.0209. The maximum atomic E-state index is 13.1. The number of hydrogen-bond donors (Lipinski definition) is 1. The van der Waals surface area contributed by atoms with Crippen molar-refractivity contribution in [3.8, 4) is 0 Å². The van der Waals surface area contributed by atoms with E-state index < -0.39 is 5.60 Å². The topological polar surface area (TPSA) is 49.2 Å². The average molecular weight is 329 g/mol. The van der Waals surface area contributed by atoms with Gasteiger partial charge in [-0.05, 0) is 43.5 Å². The van der Waals surface area contributed by atoms with Gasteiger partial charge in [-0.3, -0.25) is 4.90 Å². The highest BCUT2D eigenvalue weighted by Crippen LogP contribution is 2.33. The van der Waals surface area contributed by atoms with Gasteiger partial charge in [-0.15, -0.1) is 0 Å². The Hall–Kier alpha value is -1.85. The average Bonchev–Trinajstić information content (AvgIpc) is 2.79. The van der Waals surface area contributed by atoms with Crippen molar-refractivity contribution in [2.24, 2.45) is 0 Å². The van der Waals surface area contributed by atoms with E-state index in [0.29, 0.717) is 12.8 Å². The van der Waals surface area contributed by atoms with Gasteiger partial charge in [-0.2, -0.15) is 0 Å². The number of aromatic nitrogens is 2. The van der Waals surface area contributed by atoms with Crippen LogP contribution in [0, 0.1) is 5.82 Å². The number of hydrogen-bond acceptors (Lipinski definition) is 4. The zero-order chi connectivity index (χ0) is 17.0. The molecule has 0 amide bonds. The van der Waals surface area contributed by atoms with Gasteiger partial charge in [0.15, 0.2) is 0 Å². The molecule has 1 aliphatic rings. The monoisotopic (exact) mass is 329 g/mol. The molecule has 1 saturated heterocycles. The SMILES string of the molecule is CCc1ncc(CN2CCC[C@@](O)(c3ccc(F)cc3)CC2)cn1. The normalized spacial score (nSPS) is 22.3. The molecule has 24 heavy (non-hydrogen) atoms. The van der Waals surface area contributed by atoms with Crippen molar-refractivity contribution in [3.63, 3.8) is 0 Å². The second-order valence-corrected chi connectivity index (χ2v) is 6.53. The highest BCUT2D eigenvalue weighted by Gasteiger charge is 2.31. The van der Waals surface area contributed by atoms with Crippen LogP contribution in [0.5, 0.6) is 0 Å². The minimum Gasteiger partial charge on any atom is -0.385 e. The van der Waals surface area contributed by atoms with E-state index in [1.807, 2.05) is 19.3 Å². The van der Waals surface area contributed by atoms with Crippen molar-refractivity contribution >= 4 is 0 Å². The van der Waals surface area contributed by atoms with Crippen LogP contribution in [0.1, 0.15) is 43.1 Å². The summed E-state index contributed by atoms with van der Waals surface area (Å²) in [5, 5.41) is 11.0. The summed E-state index contributed by atoms with van der Waals surface area (Å²) in [5.74, 6) is 0.591. The van der Waals surface area contributed by atoms with Crippen LogP contribution in [0.2, 0.25) is 0 Å². The van der Waals surface area contributed by atoms with Crippen molar-refractivity contribution in [2.75, 3.05) is 13.1 Å². The Labute approximate surface area is 142 Å². The summed E-state index contributed by atoms with van der Waals surface area (Å²) in [6.07, 6.45) is 6.87. The first-order valence-corrected chi connectivity index (χ1v) is 8.59. The highest BCUT2D eigenvalue weighted by molar-refractivity contribution is 5.23. The summed E-state index contributed by atoms with van der Waals surface area (Å²) in [4.78, 5) is 11.0. The summed E-state index contributed by atoms with van der Waals surface area (Å²) in [7, 11) is 0. The maximum absolute atomic E-state index is 13.1. The summed E-state index contributed by atoms with van der Waals surface area (Å²) in [6.45, 7) is 4.56. The predicted molar refractivity (Wildman–Crippen MR) is 90.8 cm³/mol. The number of benzene rings is 1. The molecule has 2 aromatic rings. The molecule has 0 spiro atoms. The Bertz CT molecular complexity index is 659. The number of nitrogens with zero attached hydrogens (tertiary/aromatic N) is 3. The van der Waals surface area contributed by atoms with Crippen LogP contribution in [0.4, 0.5) is 4.39 Å². The maximum Gasteiger partial charge on any atom is 0.127 e. The van der Waals surface area contributed by atoms with E-state index in [-0.39, 0.29) is 5.82 Å². The predicted octanol–water partition coefficient (Wildman–Crippen LogP) is 3.05. The zero-order valence-electron chi connectivity index (χ0n) is 14.1. The van der Waals surface area contributed by atoms with Gasteiger partial charge in [-0.1, -0.05) is 19.1 Å². The van der Waals surface area contributed by atoms with Gasteiger partial charge in [0.2, 0.25) is 0 Å². The fraction of sp³-hybridized carbons (Fsp3) is 0.474. The molecule has 1 atom stereocenters. The van der Waals surface area contributed by atoms with E-state index in [1.165, 1.54) is 12.1 Å². The molecule has 1 fully saturated rings. The van der Waals surface area contributed by atoms with Crippen LogP contribution in [-0.4, -0.2) is 33.1 Å². The van der Waals surface area contributed by atoms with Gasteiger partial charge in [-0.25, -0.2) is 14.4 Å². The third-order valence-corrected chi connectivity index (χ3v) is 4.77. The number of halogens is 1. The van der Waals surface area contributed by atoms with Crippen molar-refractivity contribution in [3.05, 3.63) is 59.4 Å². The molecule has 1 N–H and O–H groups in total. The molecule has 0 saturated carbocycles. The molecule has 2 heterocycles. The molecule has 0 radical (unpaired) electrons. The number of aliphatic hydroxyl groups is 1. The van der Waals surface area contributed by atoms with E-state index in [4.69, 9.17) is 0 Å². The molecule has 1 aromatic carbocycles. The molecule has 4 nitrogen and oxygen atoms in total. The Morgan fingerprint density at radius 1 is 1.12 bits per heavy atom. The van der Waals surface area contributed by atoms with E-state index in [0.717, 1.165) is 49.4 Å². The van der Waals surface area contributed by atoms with Crippen LogP contribution in [0.15, 0.2) is 36.7 Å². The largest absolute Gasteiger partial charge is 0.385 e. The highest BCUT2D eigenvalue weighted by atomic mass is 19.1. The van der Waals surface area contributed by atoms with E-state index in [2.05, 4.69) is 14.9 Å². The van der Waals surface area contributed by atoms with Gasteiger partial charge in [0.05, 0.1) is 5.60 Å². The lowest BCUT2D eigenvalue weighted by Crippen LogP contribution is -2.29. The summed E-state index contributed by atoms with van der Waals surface area (Å²) < 4.78 is 13.1. The van der Waals surface area contributed by atoms with Crippen LogP contribution in [0.25, 0.3) is 0 Å². The van der Waals surface area contributed by atoms with E-state index >= 15 is 0 Å². The van der Waals surface area contributed by atoms with E-state index in [1.54, 1.807) is 12.1 Å². The Kier molecular flexibility index (Phi) is 5.21. The standard InChI is InChI=1S/C19H24FN3O/c1-2-18-21-12-15(13-22-18)14-23-10-3-8-19(24,9-11-23)16-4-6-17(20)7-5-16/h4-7,12-13,24H,2-3,8-11,14H2,1H3/t19-/m0/s1. The molecule has 1 aromatic heterocycles. The third kappa shape index (κ3) is 3.97. The van der Waals surface area contributed by atoms with Gasteiger partial charge in [0, 0.05) is 37.5 Å². The molecule has 0 unspecified atom stereocenters. The molecule has 1 aliphatic heterocycles.